The number of anilines is 3. The van der Waals surface area contributed by atoms with Crippen molar-refractivity contribution in [3.63, 3.8) is 0 Å². The molecule has 0 saturated heterocycles. The Morgan fingerprint density at radius 2 is 1.92 bits per heavy atom. The number of fused-ring (bicyclic) bond motifs is 1. The van der Waals surface area contributed by atoms with E-state index in [1.165, 1.54) is 0 Å². The second-order valence-electron chi connectivity index (χ2n) is 5.78. The van der Waals surface area contributed by atoms with Gasteiger partial charge in [-0.05, 0) is 42.8 Å². The van der Waals surface area contributed by atoms with E-state index < -0.39 is 0 Å². The Morgan fingerprint density at radius 3 is 2.81 bits per heavy atom. The molecule has 3 aromatic rings. The Balaban J connectivity index is 1.49. The molecule has 0 saturated carbocycles. The van der Waals surface area contributed by atoms with Crippen LogP contribution in [-0.4, -0.2) is 22.7 Å². The Morgan fingerprint density at radius 1 is 1.04 bits per heavy atom. The highest BCUT2D eigenvalue weighted by atomic mass is 16.7. The summed E-state index contributed by atoms with van der Waals surface area (Å²) >= 11 is 0. The number of hydrogen-bond acceptors (Lipinski definition) is 6. The van der Waals surface area contributed by atoms with Crippen molar-refractivity contribution in [3.8, 4) is 11.5 Å². The number of amides is 1. The van der Waals surface area contributed by atoms with Crippen LogP contribution in [0.1, 0.15) is 16.1 Å². The molecule has 0 atom stereocenters. The van der Waals surface area contributed by atoms with Crippen LogP contribution in [0.4, 0.5) is 17.3 Å². The minimum absolute atomic E-state index is 0.187. The lowest BCUT2D eigenvalue weighted by Crippen LogP contribution is -2.14. The smallest absolute Gasteiger partial charge is 0.274 e. The van der Waals surface area contributed by atoms with Crippen molar-refractivity contribution in [1.82, 2.24) is 9.97 Å². The van der Waals surface area contributed by atoms with E-state index in [2.05, 4.69) is 20.6 Å². The van der Waals surface area contributed by atoms with Gasteiger partial charge in [-0.3, -0.25) is 4.79 Å². The van der Waals surface area contributed by atoms with Crippen LogP contribution in [0.15, 0.2) is 54.7 Å². The molecular formula is C19H16N4O3. The van der Waals surface area contributed by atoms with Crippen LogP contribution in [0.25, 0.3) is 0 Å². The zero-order chi connectivity index (χ0) is 17.9. The molecule has 26 heavy (non-hydrogen) atoms. The van der Waals surface area contributed by atoms with Gasteiger partial charge in [-0.1, -0.05) is 12.1 Å². The summed E-state index contributed by atoms with van der Waals surface area (Å²) in [7, 11) is 0. The number of rotatable bonds is 4. The highest BCUT2D eigenvalue weighted by Gasteiger charge is 2.15. The second kappa shape index (κ2) is 6.72. The first kappa shape index (κ1) is 15.9. The lowest BCUT2D eigenvalue weighted by molar-refractivity contribution is 0.102. The molecule has 2 N–H and O–H groups in total. The van der Waals surface area contributed by atoms with E-state index in [1.54, 1.807) is 30.5 Å². The highest BCUT2D eigenvalue weighted by Crippen LogP contribution is 2.34. The van der Waals surface area contributed by atoms with Crippen LogP contribution in [0.3, 0.4) is 0 Å². The van der Waals surface area contributed by atoms with E-state index in [0.29, 0.717) is 23.1 Å². The van der Waals surface area contributed by atoms with Crippen molar-refractivity contribution in [1.29, 1.82) is 0 Å². The topological polar surface area (TPSA) is 85.4 Å². The molecule has 0 radical (unpaired) electrons. The summed E-state index contributed by atoms with van der Waals surface area (Å²) in [5.74, 6) is 1.29. The predicted octanol–water partition coefficient (Wildman–Crippen LogP) is 3.51. The van der Waals surface area contributed by atoms with Crippen molar-refractivity contribution in [3.05, 3.63) is 66.0 Å². The van der Waals surface area contributed by atoms with E-state index in [9.17, 15) is 4.79 Å². The molecule has 0 unspecified atom stereocenters. The third-order valence-electron chi connectivity index (χ3n) is 3.79. The van der Waals surface area contributed by atoms with Gasteiger partial charge in [-0.15, -0.1) is 0 Å². The average molecular weight is 348 g/mol. The Kier molecular flexibility index (Phi) is 4.10. The Hall–Kier alpha value is -3.61. The summed E-state index contributed by atoms with van der Waals surface area (Å²) in [6.45, 7) is 2.19. The van der Waals surface area contributed by atoms with Gasteiger partial charge in [0.05, 0.1) is 0 Å². The molecule has 0 aliphatic carbocycles. The fourth-order valence-electron chi connectivity index (χ4n) is 2.57. The van der Waals surface area contributed by atoms with Crippen LogP contribution in [0.2, 0.25) is 0 Å². The number of carbonyl (C=O) groups is 1. The number of hydrogen-bond donors (Lipinski definition) is 2. The normalized spacial score (nSPS) is 11.9. The van der Waals surface area contributed by atoms with E-state index in [0.717, 1.165) is 11.3 Å². The highest BCUT2D eigenvalue weighted by molar-refractivity contribution is 6.03. The lowest BCUT2D eigenvalue weighted by Gasteiger charge is -2.08. The maximum atomic E-state index is 12.5. The van der Waals surface area contributed by atoms with Crippen LogP contribution in [0, 0.1) is 6.92 Å². The average Bonchev–Trinajstić information content (AvgIpc) is 3.10. The number of nitrogens with zero attached hydrogens (tertiary/aromatic N) is 2. The van der Waals surface area contributed by atoms with Gasteiger partial charge in [-0.25, -0.2) is 9.97 Å². The molecular weight excluding hydrogens is 332 g/mol. The van der Waals surface area contributed by atoms with Gasteiger partial charge in [0, 0.05) is 23.6 Å². The molecule has 7 nitrogen and oxygen atoms in total. The van der Waals surface area contributed by atoms with Gasteiger partial charge in [0.25, 0.3) is 5.91 Å². The second-order valence-corrected chi connectivity index (χ2v) is 5.78. The minimum Gasteiger partial charge on any atom is -0.454 e. The standard InChI is InChI=1S/C19H16N4O3/c1-12-3-2-4-13(9-12)22-19-20-8-7-15(23-19)18(24)21-14-5-6-16-17(10-14)26-11-25-16/h2-10H,11H2,1H3,(H,21,24)(H,20,22,23). The van der Waals surface area contributed by atoms with Gasteiger partial charge in [0.1, 0.15) is 5.69 Å². The van der Waals surface area contributed by atoms with Crippen LogP contribution < -0.4 is 20.1 Å². The molecule has 1 amide bonds. The first-order valence-corrected chi connectivity index (χ1v) is 8.05. The maximum absolute atomic E-state index is 12.5. The van der Waals surface area contributed by atoms with Gasteiger partial charge in [0.15, 0.2) is 11.5 Å². The summed E-state index contributed by atoms with van der Waals surface area (Å²) in [5.41, 5.74) is 2.84. The largest absolute Gasteiger partial charge is 0.454 e. The third kappa shape index (κ3) is 3.41. The lowest BCUT2D eigenvalue weighted by atomic mass is 10.2. The number of carbonyl (C=O) groups excluding carboxylic acids is 1. The van der Waals surface area contributed by atoms with Crippen LogP contribution >= 0.6 is 0 Å². The van der Waals surface area contributed by atoms with Gasteiger partial charge in [0.2, 0.25) is 12.7 Å². The zero-order valence-corrected chi connectivity index (χ0v) is 14.0. The number of benzene rings is 2. The molecule has 0 fully saturated rings. The maximum Gasteiger partial charge on any atom is 0.274 e. The fourth-order valence-corrected chi connectivity index (χ4v) is 2.57. The molecule has 1 aliphatic rings. The first-order valence-electron chi connectivity index (χ1n) is 8.05. The van der Waals surface area contributed by atoms with Gasteiger partial charge < -0.3 is 20.1 Å². The summed E-state index contributed by atoms with van der Waals surface area (Å²) in [6, 6.07) is 14.6. The van der Waals surface area contributed by atoms with E-state index >= 15 is 0 Å². The first-order chi connectivity index (χ1) is 12.7. The predicted molar refractivity (Wildman–Crippen MR) is 97.0 cm³/mol. The molecule has 1 aromatic heterocycles. The Bertz CT molecular complexity index is 975. The van der Waals surface area contributed by atoms with E-state index in [-0.39, 0.29) is 18.4 Å². The molecule has 7 heteroatoms. The number of nitrogens with one attached hydrogen (secondary N) is 2. The summed E-state index contributed by atoms with van der Waals surface area (Å²) in [5, 5.41) is 5.89. The molecule has 2 heterocycles. The van der Waals surface area contributed by atoms with Gasteiger partial charge in [-0.2, -0.15) is 0 Å². The Labute approximate surface area is 150 Å². The molecule has 0 spiro atoms. The van der Waals surface area contributed by atoms with Crippen LogP contribution in [0.5, 0.6) is 11.5 Å². The van der Waals surface area contributed by atoms with E-state index in [1.807, 2.05) is 31.2 Å². The zero-order valence-electron chi connectivity index (χ0n) is 14.0. The molecule has 1 aliphatic heterocycles. The van der Waals surface area contributed by atoms with Crippen molar-refractivity contribution < 1.29 is 14.3 Å². The SMILES string of the molecule is Cc1cccc(Nc2nccc(C(=O)Nc3ccc4c(c3)OCO4)n2)c1. The number of aryl methyl sites for hydroxylation is 1. The molecule has 0 bridgehead atoms. The summed E-state index contributed by atoms with van der Waals surface area (Å²) in [4.78, 5) is 20.9. The molecule has 130 valence electrons. The molecule has 2 aromatic carbocycles. The quantitative estimate of drug-likeness (QED) is 0.750. The van der Waals surface area contributed by atoms with Crippen molar-refractivity contribution in [2.45, 2.75) is 6.92 Å². The van der Waals surface area contributed by atoms with Crippen molar-refractivity contribution >= 4 is 23.2 Å². The summed E-state index contributed by atoms with van der Waals surface area (Å²) in [6.07, 6.45) is 1.54. The van der Waals surface area contributed by atoms with Gasteiger partial charge >= 0.3 is 0 Å². The van der Waals surface area contributed by atoms with Crippen molar-refractivity contribution in [2.75, 3.05) is 17.4 Å². The van der Waals surface area contributed by atoms with Crippen LogP contribution in [-0.2, 0) is 0 Å². The van der Waals surface area contributed by atoms with Crippen molar-refractivity contribution in [2.24, 2.45) is 0 Å². The monoisotopic (exact) mass is 348 g/mol. The third-order valence-corrected chi connectivity index (χ3v) is 3.79. The summed E-state index contributed by atoms with van der Waals surface area (Å²) < 4.78 is 10.6. The molecule has 4 rings (SSSR count). The number of ether oxygens (including phenoxy) is 2. The van der Waals surface area contributed by atoms with E-state index in [4.69, 9.17) is 9.47 Å². The minimum atomic E-state index is -0.335. The fraction of sp³-hybridized carbons (Fsp3) is 0.105. The number of aromatic nitrogens is 2.